The second-order valence-corrected chi connectivity index (χ2v) is 4.34. The molecular weight excluding hydrogens is 258 g/mol. The molecule has 0 bridgehead atoms. The molecule has 4 heteroatoms. The van der Waals surface area contributed by atoms with Crippen LogP contribution in [-0.4, -0.2) is 5.78 Å². The average Bonchev–Trinajstić information content (AvgIpc) is 2.31. The number of hydrogen-bond donors (Lipinski definition) is 0. The molecule has 0 aliphatic carbocycles. The second kappa shape index (κ2) is 4.86. The van der Waals surface area contributed by atoms with Crippen LogP contribution in [0.25, 0.3) is 0 Å². The molecule has 0 heterocycles. The lowest BCUT2D eigenvalue weighted by Gasteiger charge is -2.06. The van der Waals surface area contributed by atoms with Crippen LogP contribution in [0.2, 0.25) is 5.02 Å². The average molecular weight is 267 g/mol. The van der Waals surface area contributed by atoms with Gasteiger partial charge in [-0.15, -0.1) is 0 Å². The van der Waals surface area contributed by atoms with Gasteiger partial charge in [0, 0.05) is 5.56 Å². The topological polar surface area (TPSA) is 17.1 Å². The first kappa shape index (κ1) is 12.7. The summed E-state index contributed by atoms with van der Waals surface area (Å²) in [6, 6.07) is 7.55. The van der Waals surface area contributed by atoms with Crippen LogP contribution in [0.4, 0.5) is 8.78 Å². The number of rotatable bonds is 2. The van der Waals surface area contributed by atoms with E-state index in [1.807, 2.05) is 6.92 Å². The van der Waals surface area contributed by atoms with Crippen LogP contribution in [0.1, 0.15) is 21.5 Å². The van der Waals surface area contributed by atoms with Crippen LogP contribution < -0.4 is 0 Å². The summed E-state index contributed by atoms with van der Waals surface area (Å²) in [7, 11) is 0. The van der Waals surface area contributed by atoms with E-state index < -0.39 is 17.4 Å². The van der Waals surface area contributed by atoms with Gasteiger partial charge in [-0.3, -0.25) is 4.79 Å². The molecule has 92 valence electrons. The number of hydrogen-bond acceptors (Lipinski definition) is 1. The van der Waals surface area contributed by atoms with E-state index in [2.05, 4.69) is 0 Å². The predicted molar refractivity (Wildman–Crippen MR) is 66.0 cm³/mol. The Hall–Kier alpha value is -1.74. The van der Waals surface area contributed by atoms with Gasteiger partial charge in [-0.2, -0.15) is 0 Å². The third-order valence-electron chi connectivity index (χ3n) is 2.54. The van der Waals surface area contributed by atoms with E-state index >= 15 is 0 Å². The lowest BCUT2D eigenvalue weighted by Crippen LogP contribution is -2.05. The minimum atomic E-state index is -0.766. The third-order valence-corrected chi connectivity index (χ3v) is 2.85. The van der Waals surface area contributed by atoms with Crippen molar-refractivity contribution in [2.45, 2.75) is 6.92 Å². The monoisotopic (exact) mass is 266 g/mol. The quantitative estimate of drug-likeness (QED) is 0.746. The molecule has 0 radical (unpaired) electrons. The van der Waals surface area contributed by atoms with Crippen molar-refractivity contribution in [1.29, 1.82) is 0 Å². The van der Waals surface area contributed by atoms with Crippen LogP contribution >= 0.6 is 11.6 Å². The molecule has 0 amide bonds. The molecule has 1 nitrogen and oxygen atoms in total. The first-order valence-electron chi connectivity index (χ1n) is 5.25. The smallest absolute Gasteiger partial charge is 0.197 e. The highest BCUT2D eigenvalue weighted by molar-refractivity contribution is 6.35. The van der Waals surface area contributed by atoms with Gasteiger partial charge in [0.15, 0.2) is 5.78 Å². The Morgan fingerprint density at radius 3 is 2.44 bits per heavy atom. The zero-order valence-corrected chi connectivity index (χ0v) is 10.3. The molecule has 0 saturated heterocycles. The van der Waals surface area contributed by atoms with Gasteiger partial charge in [0.2, 0.25) is 0 Å². The highest BCUT2D eigenvalue weighted by Crippen LogP contribution is 2.22. The minimum Gasteiger partial charge on any atom is -0.288 e. The molecule has 0 fully saturated rings. The fourth-order valence-electron chi connectivity index (χ4n) is 1.62. The molecule has 0 unspecified atom stereocenters. The maximum atomic E-state index is 13.5. The largest absolute Gasteiger partial charge is 0.288 e. The van der Waals surface area contributed by atoms with E-state index in [4.69, 9.17) is 11.6 Å². The Kier molecular flexibility index (Phi) is 3.43. The maximum absolute atomic E-state index is 13.5. The van der Waals surface area contributed by atoms with Crippen LogP contribution in [-0.2, 0) is 0 Å². The van der Waals surface area contributed by atoms with Gasteiger partial charge in [-0.25, -0.2) is 8.78 Å². The molecule has 0 aromatic heterocycles. The Labute approximate surface area is 108 Å². The summed E-state index contributed by atoms with van der Waals surface area (Å²) in [4.78, 5) is 12.1. The van der Waals surface area contributed by atoms with Gasteiger partial charge in [-0.1, -0.05) is 17.7 Å². The van der Waals surface area contributed by atoms with Gasteiger partial charge in [-0.05, 0) is 42.8 Å². The lowest BCUT2D eigenvalue weighted by molar-refractivity contribution is 0.103. The number of benzene rings is 2. The summed E-state index contributed by atoms with van der Waals surface area (Å²) >= 11 is 5.93. The van der Waals surface area contributed by atoms with Crippen molar-refractivity contribution in [2.75, 3.05) is 0 Å². The summed E-state index contributed by atoms with van der Waals surface area (Å²) in [5, 5.41) is 0.226. The Bertz CT molecular complexity index is 623. The first-order chi connectivity index (χ1) is 8.49. The molecule has 2 rings (SSSR count). The summed E-state index contributed by atoms with van der Waals surface area (Å²) in [6.45, 7) is 1.82. The third kappa shape index (κ3) is 2.41. The summed E-state index contributed by atoms with van der Waals surface area (Å²) < 4.78 is 26.5. The van der Waals surface area contributed by atoms with Crippen molar-refractivity contribution in [3.05, 3.63) is 69.7 Å². The van der Waals surface area contributed by atoms with Crippen molar-refractivity contribution < 1.29 is 13.6 Å². The van der Waals surface area contributed by atoms with Crippen LogP contribution in [0, 0.1) is 18.6 Å². The standard InChI is InChI=1S/C14H9ClF2O/c1-8-2-4-10(12(15)6-8)14(18)11-7-9(16)3-5-13(11)17/h2-7H,1H3. The minimum absolute atomic E-state index is 0.159. The van der Waals surface area contributed by atoms with Gasteiger partial charge in [0.25, 0.3) is 0 Å². The molecule has 2 aromatic carbocycles. The second-order valence-electron chi connectivity index (χ2n) is 3.94. The number of halogens is 3. The fraction of sp³-hybridized carbons (Fsp3) is 0.0714. The number of ketones is 1. The van der Waals surface area contributed by atoms with E-state index in [0.717, 1.165) is 23.8 Å². The van der Waals surface area contributed by atoms with Crippen molar-refractivity contribution in [3.8, 4) is 0 Å². The lowest BCUT2D eigenvalue weighted by atomic mass is 10.0. The molecule has 0 aliphatic heterocycles. The summed E-state index contributed by atoms with van der Waals surface area (Å²) in [6.07, 6.45) is 0. The van der Waals surface area contributed by atoms with Crippen LogP contribution in [0.5, 0.6) is 0 Å². The van der Waals surface area contributed by atoms with E-state index in [1.54, 1.807) is 12.1 Å². The number of carbonyl (C=O) groups is 1. The molecule has 18 heavy (non-hydrogen) atoms. The molecular formula is C14H9ClF2O. The van der Waals surface area contributed by atoms with Crippen molar-refractivity contribution in [2.24, 2.45) is 0 Å². The SMILES string of the molecule is Cc1ccc(C(=O)c2cc(F)ccc2F)c(Cl)c1. The molecule has 0 saturated carbocycles. The van der Waals surface area contributed by atoms with Crippen molar-refractivity contribution in [3.63, 3.8) is 0 Å². The summed E-state index contributed by atoms with van der Waals surface area (Å²) in [5.41, 5.74) is 0.726. The molecule has 2 aromatic rings. The Morgan fingerprint density at radius 1 is 1.06 bits per heavy atom. The van der Waals surface area contributed by atoms with Crippen LogP contribution in [0.15, 0.2) is 36.4 Å². The van der Waals surface area contributed by atoms with Gasteiger partial charge < -0.3 is 0 Å². The normalized spacial score (nSPS) is 10.4. The van der Waals surface area contributed by atoms with Gasteiger partial charge >= 0.3 is 0 Å². The van der Waals surface area contributed by atoms with Gasteiger partial charge in [0.05, 0.1) is 10.6 Å². The summed E-state index contributed by atoms with van der Waals surface area (Å²) in [5.74, 6) is -2.06. The Morgan fingerprint density at radius 2 is 1.78 bits per heavy atom. The van der Waals surface area contributed by atoms with Crippen molar-refractivity contribution >= 4 is 17.4 Å². The van der Waals surface area contributed by atoms with Crippen molar-refractivity contribution in [1.82, 2.24) is 0 Å². The fourth-order valence-corrected chi connectivity index (χ4v) is 1.94. The van der Waals surface area contributed by atoms with E-state index in [9.17, 15) is 13.6 Å². The first-order valence-corrected chi connectivity index (χ1v) is 5.63. The zero-order valence-electron chi connectivity index (χ0n) is 9.51. The molecule has 0 N–H and O–H groups in total. The van der Waals surface area contributed by atoms with Crippen LogP contribution in [0.3, 0.4) is 0 Å². The molecule has 0 aliphatic rings. The highest BCUT2D eigenvalue weighted by atomic mass is 35.5. The Balaban J connectivity index is 2.51. The van der Waals surface area contributed by atoms with E-state index in [1.165, 1.54) is 6.07 Å². The number of carbonyl (C=O) groups excluding carboxylic acids is 1. The van der Waals surface area contributed by atoms with E-state index in [0.29, 0.717) is 0 Å². The number of aryl methyl sites for hydroxylation is 1. The zero-order chi connectivity index (χ0) is 13.3. The van der Waals surface area contributed by atoms with Gasteiger partial charge in [0.1, 0.15) is 11.6 Å². The molecule has 0 atom stereocenters. The maximum Gasteiger partial charge on any atom is 0.197 e. The van der Waals surface area contributed by atoms with E-state index in [-0.39, 0.29) is 16.1 Å². The predicted octanol–water partition coefficient (Wildman–Crippen LogP) is 4.16. The molecule has 0 spiro atoms. The highest BCUT2D eigenvalue weighted by Gasteiger charge is 2.17.